The van der Waals surface area contributed by atoms with Crippen molar-refractivity contribution in [1.82, 2.24) is 0 Å². The lowest BCUT2D eigenvalue weighted by atomic mass is 10.1. The molecule has 126 valence electrons. The number of methoxy groups -OCH3 is 1. The number of hydrogen-bond donors (Lipinski definition) is 3. The molecule has 0 aromatic heterocycles. The van der Waals surface area contributed by atoms with Crippen LogP contribution in [0.2, 0.25) is 0 Å². The van der Waals surface area contributed by atoms with Gasteiger partial charge in [0.25, 0.3) is 0 Å². The minimum absolute atomic E-state index is 0.0799. The largest absolute Gasteiger partial charge is 0.497 e. The predicted octanol–water partition coefficient (Wildman–Crippen LogP) is 1.91. The monoisotopic (exact) mass is 331 g/mol. The maximum atomic E-state index is 12.9. The number of anilines is 2. The van der Waals surface area contributed by atoms with Gasteiger partial charge in [-0.05, 0) is 29.8 Å². The molecule has 0 aliphatic heterocycles. The molecular weight excluding hydrogens is 313 g/mol. The number of carbonyl (C=O) groups is 2. The lowest BCUT2D eigenvalue weighted by molar-refractivity contribution is -0.116. The van der Waals surface area contributed by atoms with Gasteiger partial charge >= 0.3 is 0 Å². The van der Waals surface area contributed by atoms with Crippen LogP contribution in [0.4, 0.5) is 15.8 Å². The molecule has 2 amide bonds. The van der Waals surface area contributed by atoms with Crippen LogP contribution in [0, 0.1) is 5.82 Å². The van der Waals surface area contributed by atoms with Crippen molar-refractivity contribution in [1.29, 1.82) is 0 Å². The third-order valence-electron chi connectivity index (χ3n) is 3.24. The van der Waals surface area contributed by atoms with Crippen LogP contribution in [0.5, 0.6) is 5.75 Å². The van der Waals surface area contributed by atoms with Gasteiger partial charge < -0.3 is 21.1 Å². The highest BCUT2D eigenvalue weighted by molar-refractivity contribution is 6.00. The molecule has 0 radical (unpaired) electrons. The second-order valence-corrected chi connectivity index (χ2v) is 5.02. The molecule has 0 aliphatic carbocycles. The van der Waals surface area contributed by atoms with Crippen LogP contribution in [0.25, 0.3) is 0 Å². The Hall–Kier alpha value is -2.93. The van der Waals surface area contributed by atoms with E-state index in [1.807, 2.05) is 0 Å². The van der Waals surface area contributed by atoms with E-state index in [0.717, 1.165) is 0 Å². The van der Waals surface area contributed by atoms with Crippen molar-refractivity contribution in [2.75, 3.05) is 24.3 Å². The molecule has 2 aromatic carbocycles. The molecule has 0 saturated heterocycles. The summed E-state index contributed by atoms with van der Waals surface area (Å²) in [6.07, 6.45) is 0.0799. The summed E-state index contributed by atoms with van der Waals surface area (Å²) in [6.45, 7) is -0.180. The first-order chi connectivity index (χ1) is 11.5. The Bertz CT molecular complexity index is 732. The Kier molecular flexibility index (Phi) is 5.86. The van der Waals surface area contributed by atoms with E-state index < -0.39 is 5.91 Å². The first-order valence-electron chi connectivity index (χ1n) is 7.24. The average molecular weight is 331 g/mol. The van der Waals surface area contributed by atoms with E-state index in [-0.39, 0.29) is 24.7 Å². The molecule has 0 atom stereocenters. The molecule has 0 spiro atoms. The summed E-state index contributed by atoms with van der Waals surface area (Å²) in [5, 5.41) is 5.31. The standard InChI is InChI=1S/C17H18FN3O3/c1-24-13-6-7-14(15(9-13)21-17(23)10-19)20-16(22)8-11-2-4-12(18)5-3-11/h2-7,9H,8,10,19H2,1H3,(H,20,22)(H,21,23). The molecule has 0 aliphatic rings. The van der Waals surface area contributed by atoms with Gasteiger partial charge in [-0.15, -0.1) is 0 Å². The topological polar surface area (TPSA) is 93.5 Å². The van der Waals surface area contributed by atoms with E-state index in [4.69, 9.17) is 10.5 Å². The first-order valence-corrected chi connectivity index (χ1v) is 7.24. The maximum Gasteiger partial charge on any atom is 0.238 e. The highest BCUT2D eigenvalue weighted by Gasteiger charge is 2.11. The number of amides is 2. The zero-order valence-electron chi connectivity index (χ0n) is 13.1. The molecule has 0 heterocycles. The van der Waals surface area contributed by atoms with Gasteiger partial charge in [0.15, 0.2) is 0 Å². The number of ether oxygens (including phenoxy) is 1. The SMILES string of the molecule is COc1ccc(NC(=O)Cc2ccc(F)cc2)c(NC(=O)CN)c1. The smallest absolute Gasteiger partial charge is 0.238 e. The number of rotatable bonds is 6. The molecule has 0 unspecified atom stereocenters. The third-order valence-corrected chi connectivity index (χ3v) is 3.24. The van der Waals surface area contributed by atoms with Gasteiger partial charge in [-0.3, -0.25) is 9.59 Å². The lowest BCUT2D eigenvalue weighted by Gasteiger charge is -2.13. The fourth-order valence-corrected chi connectivity index (χ4v) is 2.05. The molecule has 0 fully saturated rings. The summed E-state index contributed by atoms with van der Waals surface area (Å²) in [5.74, 6) is -0.521. The van der Waals surface area contributed by atoms with Gasteiger partial charge in [-0.1, -0.05) is 12.1 Å². The van der Waals surface area contributed by atoms with Crippen molar-refractivity contribution >= 4 is 23.2 Å². The van der Waals surface area contributed by atoms with Gasteiger partial charge in [0.2, 0.25) is 11.8 Å². The molecule has 2 rings (SSSR count). The Morgan fingerprint density at radius 1 is 1.04 bits per heavy atom. The van der Waals surface area contributed by atoms with E-state index in [2.05, 4.69) is 10.6 Å². The van der Waals surface area contributed by atoms with Gasteiger partial charge in [0.1, 0.15) is 11.6 Å². The van der Waals surface area contributed by atoms with E-state index in [1.54, 1.807) is 30.3 Å². The number of hydrogen-bond acceptors (Lipinski definition) is 4. The summed E-state index contributed by atoms with van der Waals surface area (Å²) >= 11 is 0. The van der Waals surface area contributed by atoms with Crippen LogP contribution >= 0.6 is 0 Å². The fourth-order valence-electron chi connectivity index (χ4n) is 2.05. The quantitative estimate of drug-likeness (QED) is 0.754. The number of benzene rings is 2. The zero-order chi connectivity index (χ0) is 17.5. The second kappa shape index (κ2) is 8.07. The number of nitrogens with one attached hydrogen (secondary N) is 2. The minimum Gasteiger partial charge on any atom is -0.497 e. The Morgan fingerprint density at radius 2 is 1.71 bits per heavy atom. The van der Waals surface area contributed by atoms with Gasteiger partial charge in [0, 0.05) is 6.07 Å². The van der Waals surface area contributed by atoms with E-state index in [1.165, 1.54) is 19.2 Å². The van der Waals surface area contributed by atoms with Crippen LogP contribution in [0.1, 0.15) is 5.56 Å². The third kappa shape index (κ3) is 4.79. The summed E-state index contributed by atoms with van der Waals surface area (Å²) in [7, 11) is 1.50. The Labute approximate surface area is 138 Å². The fraction of sp³-hybridized carbons (Fsp3) is 0.176. The maximum absolute atomic E-state index is 12.9. The first kappa shape index (κ1) is 17.4. The highest BCUT2D eigenvalue weighted by atomic mass is 19.1. The normalized spacial score (nSPS) is 10.1. The van der Waals surface area contributed by atoms with Crippen LogP contribution in [-0.2, 0) is 16.0 Å². The molecule has 4 N–H and O–H groups in total. The molecule has 2 aromatic rings. The molecule has 7 heteroatoms. The molecule has 24 heavy (non-hydrogen) atoms. The summed E-state index contributed by atoms with van der Waals surface area (Å²) in [4.78, 5) is 23.7. The van der Waals surface area contributed by atoms with Crippen LogP contribution in [-0.4, -0.2) is 25.5 Å². The van der Waals surface area contributed by atoms with E-state index in [9.17, 15) is 14.0 Å². The van der Waals surface area contributed by atoms with Crippen LogP contribution in [0.15, 0.2) is 42.5 Å². The molecular formula is C17H18FN3O3. The minimum atomic E-state index is -0.391. The van der Waals surface area contributed by atoms with Crippen molar-refractivity contribution in [3.63, 3.8) is 0 Å². The zero-order valence-corrected chi connectivity index (χ0v) is 13.1. The number of nitrogens with two attached hydrogens (primary N) is 1. The Balaban J connectivity index is 2.13. The van der Waals surface area contributed by atoms with Crippen molar-refractivity contribution in [2.45, 2.75) is 6.42 Å². The van der Waals surface area contributed by atoms with E-state index in [0.29, 0.717) is 22.7 Å². The summed E-state index contributed by atoms with van der Waals surface area (Å²) in [6, 6.07) is 10.5. The Morgan fingerprint density at radius 3 is 2.33 bits per heavy atom. The lowest BCUT2D eigenvalue weighted by Crippen LogP contribution is -2.23. The highest BCUT2D eigenvalue weighted by Crippen LogP contribution is 2.27. The summed E-state index contributed by atoms with van der Waals surface area (Å²) in [5.41, 5.74) is 6.78. The van der Waals surface area contributed by atoms with Gasteiger partial charge in [-0.25, -0.2) is 4.39 Å². The summed E-state index contributed by atoms with van der Waals surface area (Å²) < 4.78 is 18.0. The average Bonchev–Trinajstić information content (AvgIpc) is 2.58. The number of halogens is 1. The second-order valence-electron chi connectivity index (χ2n) is 5.02. The number of carbonyl (C=O) groups excluding carboxylic acids is 2. The van der Waals surface area contributed by atoms with E-state index >= 15 is 0 Å². The van der Waals surface area contributed by atoms with Crippen molar-refractivity contribution in [3.05, 3.63) is 53.8 Å². The molecule has 0 saturated carbocycles. The van der Waals surface area contributed by atoms with Crippen molar-refractivity contribution in [2.24, 2.45) is 5.73 Å². The molecule has 6 nitrogen and oxygen atoms in total. The van der Waals surface area contributed by atoms with Crippen molar-refractivity contribution in [3.8, 4) is 5.75 Å². The van der Waals surface area contributed by atoms with Gasteiger partial charge in [0.05, 0.1) is 31.5 Å². The van der Waals surface area contributed by atoms with Gasteiger partial charge in [-0.2, -0.15) is 0 Å². The van der Waals surface area contributed by atoms with Crippen LogP contribution in [0.3, 0.4) is 0 Å². The molecule has 0 bridgehead atoms. The van der Waals surface area contributed by atoms with Crippen LogP contribution < -0.4 is 21.1 Å². The predicted molar refractivity (Wildman–Crippen MR) is 89.4 cm³/mol. The van der Waals surface area contributed by atoms with Crippen molar-refractivity contribution < 1.29 is 18.7 Å².